The molecule has 0 atom stereocenters. The van der Waals surface area contributed by atoms with Gasteiger partial charge in [0.25, 0.3) is 5.56 Å². The van der Waals surface area contributed by atoms with Crippen LogP contribution in [0.3, 0.4) is 0 Å². The summed E-state index contributed by atoms with van der Waals surface area (Å²) < 4.78 is 28.2. The predicted octanol–water partition coefficient (Wildman–Crippen LogP) is 1.65. The molecule has 1 aromatic carbocycles. The Bertz CT molecular complexity index is 768. The monoisotopic (exact) mass is 298 g/mol. The van der Waals surface area contributed by atoms with E-state index >= 15 is 0 Å². The van der Waals surface area contributed by atoms with Crippen molar-refractivity contribution in [2.24, 2.45) is 14.1 Å². The van der Waals surface area contributed by atoms with Crippen LogP contribution in [0.15, 0.2) is 38.8 Å². The first-order chi connectivity index (χ1) is 9.40. The summed E-state index contributed by atoms with van der Waals surface area (Å²) in [6, 6.07) is 4.93. The Morgan fingerprint density at radius 1 is 1.05 bits per heavy atom. The van der Waals surface area contributed by atoms with Gasteiger partial charge in [0, 0.05) is 36.5 Å². The maximum absolute atomic E-state index is 13.1. The highest BCUT2D eigenvalue weighted by Crippen LogP contribution is 2.23. The predicted molar refractivity (Wildman–Crippen MR) is 72.8 cm³/mol. The molecule has 0 amide bonds. The number of aromatic nitrogens is 2. The van der Waals surface area contributed by atoms with E-state index in [0.717, 1.165) is 16.7 Å². The van der Waals surface area contributed by atoms with Crippen LogP contribution < -0.4 is 11.2 Å². The molecule has 0 unspecified atom stereocenters. The second-order valence-corrected chi connectivity index (χ2v) is 5.29. The van der Waals surface area contributed by atoms with Gasteiger partial charge in [-0.05, 0) is 18.2 Å². The first-order valence-corrected chi connectivity index (χ1v) is 6.72. The number of rotatable bonds is 3. The fourth-order valence-corrected chi connectivity index (χ4v) is 2.58. The van der Waals surface area contributed by atoms with Gasteiger partial charge >= 0.3 is 5.69 Å². The van der Waals surface area contributed by atoms with E-state index in [1.165, 1.54) is 35.5 Å². The lowest BCUT2D eigenvalue weighted by molar-refractivity contribution is 0.506. The van der Waals surface area contributed by atoms with Crippen molar-refractivity contribution in [2.75, 3.05) is 0 Å². The summed E-state index contributed by atoms with van der Waals surface area (Å²) in [5, 5.41) is 0. The molecule has 0 saturated heterocycles. The SMILES string of the molecule is Cn1c(CSc2ccc(F)c(F)c2)cc(=O)n(C)c1=O. The zero-order valence-electron chi connectivity index (χ0n) is 10.9. The molecule has 2 rings (SSSR count). The zero-order chi connectivity index (χ0) is 14.9. The molecule has 0 aliphatic heterocycles. The molecule has 0 radical (unpaired) electrons. The van der Waals surface area contributed by atoms with Gasteiger partial charge in [-0.25, -0.2) is 13.6 Å². The Morgan fingerprint density at radius 3 is 2.40 bits per heavy atom. The first kappa shape index (κ1) is 14.5. The van der Waals surface area contributed by atoms with Gasteiger partial charge in [0.05, 0.1) is 0 Å². The van der Waals surface area contributed by atoms with Crippen LogP contribution >= 0.6 is 11.8 Å². The third-order valence-corrected chi connectivity index (χ3v) is 3.93. The van der Waals surface area contributed by atoms with Crippen LogP contribution in [0.25, 0.3) is 0 Å². The number of hydrogen-bond acceptors (Lipinski definition) is 3. The molecule has 0 aliphatic carbocycles. The topological polar surface area (TPSA) is 44.0 Å². The molecule has 106 valence electrons. The summed E-state index contributed by atoms with van der Waals surface area (Å²) in [6.45, 7) is 0. The number of hydrogen-bond donors (Lipinski definition) is 0. The number of thioether (sulfide) groups is 1. The third kappa shape index (κ3) is 2.82. The molecule has 0 aliphatic rings. The molecule has 0 fully saturated rings. The molecule has 4 nitrogen and oxygen atoms in total. The van der Waals surface area contributed by atoms with Crippen LogP contribution in [0.4, 0.5) is 8.78 Å². The summed E-state index contributed by atoms with van der Waals surface area (Å²) >= 11 is 1.22. The Kier molecular flexibility index (Phi) is 4.08. The van der Waals surface area contributed by atoms with E-state index in [-0.39, 0.29) is 0 Å². The van der Waals surface area contributed by atoms with E-state index in [0.29, 0.717) is 16.3 Å². The Hall–Kier alpha value is -1.89. The number of nitrogens with zero attached hydrogens (tertiary/aromatic N) is 2. The van der Waals surface area contributed by atoms with Gasteiger partial charge in [0.15, 0.2) is 11.6 Å². The van der Waals surface area contributed by atoms with Crippen LogP contribution in [0.2, 0.25) is 0 Å². The molecule has 1 aromatic heterocycles. The first-order valence-electron chi connectivity index (χ1n) is 5.74. The fourth-order valence-electron chi connectivity index (χ4n) is 1.64. The van der Waals surface area contributed by atoms with E-state index in [4.69, 9.17) is 0 Å². The standard InChI is InChI=1S/C13H12F2N2O2S/c1-16-8(5-12(18)17(2)13(16)19)7-20-9-3-4-10(14)11(15)6-9/h3-6H,7H2,1-2H3. The van der Waals surface area contributed by atoms with Gasteiger partial charge in [-0.15, -0.1) is 11.8 Å². The Balaban J connectivity index is 2.25. The van der Waals surface area contributed by atoms with Crippen molar-refractivity contribution in [3.63, 3.8) is 0 Å². The Labute approximate surface area is 117 Å². The molecule has 0 N–H and O–H groups in total. The van der Waals surface area contributed by atoms with E-state index in [9.17, 15) is 18.4 Å². The quantitative estimate of drug-likeness (QED) is 0.809. The van der Waals surface area contributed by atoms with E-state index in [1.807, 2.05) is 0 Å². The van der Waals surface area contributed by atoms with Crippen LogP contribution in [-0.2, 0) is 19.8 Å². The Morgan fingerprint density at radius 2 is 1.75 bits per heavy atom. The van der Waals surface area contributed by atoms with Gasteiger partial charge < -0.3 is 0 Å². The molecular formula is C13H12F2N2O2S. The number of halogens is 2. The lowest BCUT2D eigenvalue weighted by atomic mass is 10.3. The minimum atomic E-state index is -0.923. The van der Waals surface area contributed by atoms with Crippen LogP contribution in [-0.4, -0.2) is 9.13 Å². The van der Waals surface area contributed by atoms with E-state index in [1.54, 1.807) is 7.05 Å². The molecule has 1 heterocycles. The average Bonchev–Trinajstić information content (AvgIpc) is 2.42. The highest BCUT2D eigenvalue weighted by molar-refractivity contribution is 7.98. The van der Waals surface area contributed by atoms with Gasteiger partial charge in [-0.3, -0.25) is 13.9 Å². The smallest absolute Gasteiger partial charge is 0.300 e. The van der Waals surface area contributed by atoms with Gasteiger partial charge in [0.2, 0.25) is 0 Å². The highest BCUT2D eigenvalue weighted by atomic mass is 32.2. The minimum absolute atomic E-state index is 0.312. The largest absolute Gasteiger partial charge is 0.330 e. The zero-order valence-corrected chi connectivity index (χ0v) is 11.7. The molecule has 7 heteroatoms. The van der Waals surface area contributed by atoms with Crippen LogP contribution in [0.5, 0.6) is 0 Å². The van der Waals surface area contributed by atoms with Gasteiger partial charge in [-0.1, -0.05) is 0 Å². The van der Waals surface area contributed by atoms with Crippen molar-refractivity contribution in [1.82, 2.24) is 9.13 Å². The van der Waals surface area contributed by atoms with Crippen LogP contribution in [0.1, 0.15) is 5.69 Å². The highest BCUT2D eigenvalue weighted by Gasteiger charge is 2.08. The summed E-state index contributed by atoms with van der Waals surface area (Å²) in [5.41, 5.74) is -0.291. The normalized spacial score (nSPS) is 10.8. The molecule has 20 heavy (non-hydrogen) atoms. The fraction of sp³-hybridized carbons (Fsp3) is 0.231. The lowest BCUT2D eigenvalue weighted by Gasteiger charge is -2.09. The van der Waals surface area contributed by atoms with E-state index < -0.39 is 22.9 Å². The maximum Gasteiger partial charge on any atom is 0.330 e. The molecule has 0 spiro atoms. The maximum atomic E-state index is 13.1. The molecule has 0 bridgehead atoms. The summed E-state index contributed by atoms with van der Waals surface area (Å²) in [4.78, 5) is 23.8. The van der Waals surface area contributed by atoms with Crippen molar-refractivity contribution in [3.8, 4) is 0 Å². The molecule has 2 aromatic rings. The average molecular weight is 298 g/mol. The van der Waals surface area contributed by atoms with Crippen molar-refractivity contribution >= 4 is 11.8 Å². The summed E-state index contributed by atoms with van der Waals surface area (Å²) in [6.07, 6.45) is 0. The van der Waals surface area contributed by atoms with Crippen LogP contribution in [0, 0.1) is 11.6 Å². The second-order valence-electron chi connectivity index (χ2n) is 4.24. The van der Waals surface area contributed by atoms with Gasteiger partial charge in [-0.2, -0.15) is 0 Å². The van der Waals surface area contributed by atoms with Crippen molar-refractivity contribution in [1.29, 1.82) is 0 Å². The summed E-state index contributed by atoms with van der Waals surface area (Å²) in [7, 11) is 2.96. The van der Waals surface area contributed by atoms with Crippen molar-refractivity contribution in [3.05, 3.63) is 62.4 Å². The molecule has 0 saturated carbocycles. The minimum Gasteiger partial charge on any atom is -0.300 e. The third-order valence-electron chi connectivity index (χ3n) is 2.90. The van der Waals surface area contributed by atoms with E-state index in [2.05, 4.69) is 0 Å². The van der Waals surface area contributed by atoms with Gasteiger partial charge in [0.1, 0.15) is 0 Å². The number of benzene rings is 1. The lowest BCUT2D eigenvalue weighted by Crippen LogP contribution is -2.37. The molecular weight excluding hydrogens is 286 g/mol. The van der Waals surface area contributed by atoms with Crippen molar-refractivity contribution < 1.29 is 8.78 Å². The second kappa shape index (κ2) is 5.62. The summed E-state index contributed by atoms with van der Waals surface area (Å²) in [5.74, 6) is -1.52. The van der Waals surface area contributed by atoms with Crippen molar-refractivity contribution in [2.45, 2.75) is 10.6 Å².